The highest BCUT2D eigenvalue weighted by Gasteiger charge is 2.05. The zero-order valence-corrected chi connectivity index (χ0v) is 11.5. The van der Waals surface area contributed by atoms with E-state index in [1.165, 1.54) is 5.56 Å². The van der Waals surface area contributed by atoms with Crippen LogP contribution >= 0.6 is 0 Å². The van der Waals surface area contributed by atoms with Gasteiger partial charge in [-0.3, -0.25) is 0 Å². The summed E-state index contributed by atoms with van der Waals surface area (Å²) in [6.45, 7) is 5.06. The summed E-state index contributed by atoms with van der Waals surface area (Å²) in [5.41, 5.74) is 10.0. The Morgan fingerprint density at radius 1 is 1.05 bits per heavy atom. The smallest absolute Gasteiger partial charge is 0.218 e. The Morgan fingerprint density at radius 2 is 1.74 bits per heavy atom. The van der Waals surface area contributed by atoms with Crippen molar-refractivity contribution in [1.29, 1.82) is 0 Å². The predicted molar refractivity (Wildman–Crippen MR) is 77.0 cm³/mol. The molecule has 1 aromatic carbocycles. The fraction of sp³-hybridized carbons (Fsp3) is 0.312. The van der Waals surface area contributed by atoms with Crippen LogP contribution in [0.15, 0.2) is 36.4 Å². The Labute approximate surface area is 114 Å². The maximum absolute atomic E-state index is 5.78. The largest absolute Gasteiger partial charge is 0.473 e. The van der Waals surface area contributed by atoms with Gasteiger partial charge in [-0.25, -0.2) is 4.98 Å². The van der Waals surface area contributed by atoms with Crippen LogP contribution in [0.25, 0.3) is 0 Å². The molecule has 0 saturated heterocycles. The zero-order valence-electron chi connectivity index (χ0n) is 11.5. The number of hydrogen-bond acceptors (Lipinski definition) is 3. The number of hydrogen-bond donors (Lipinski definition) is 1. The van der Waals surface area contributed by atoms with Gasteiger partial charge in [0, 0.05) is 17.8 Å². The van der Waals surface area contributed by atoms with Crippen molar-refractivity contribution < 1.29 is 4.74 Å². The van der Waals surface area contributed by atoms with Crippen LogP contribution < -0.4 is 10.5 Å². The molecule has 0 spiro atoms. The molecular formula is C16H20N2O. The maximum Gasteiger partial charge on any atom is 0.218 e. The van der Waals surface area contributed by atoms with Crippen molar-refractivity contribution in [3.8, 4) is 5.88 Å². The van der Waals surface area contributed by atoms with Crippen molar-refractivity contribution in [1.82, 2.24) is 4.98 Å². The summed E-state index contributed by atoms with van der Waals surface area (Å²) in [6.07, 6.45) is 1.05. The number of aryl methyl sites for hydroxylation is 2. The Kier molecular flexibility index (Phi) is 4.53. The van der Waals surface area contributed by atoms with Crippen molar-refractivity contribution in [2.45, 2.75) is 33.4 Å². The Balaban J connectivity index is 2.07. The monoisotopic (exact) mass is 256 g/mol. The zero-order chi connectivity index (χ0) is 13.7. The summed E-state index contributed by atoms with van der Waals surface area (Å²) in [5.74, 6) is 0.641. The normalized spacial score (nSPS) is 10.5. The van der Waals surface area contributed by atoms with E-state index in [0.717, 1.165) is 23.2 Å². The van der Waals surface area contributed by atoms with Crippen LogP contribution in [0.4, 0.5) is 0 Å². The average Bonchev–Trinajstić information content (AvgIpc) is 2.46. The first-order valence-electron chi connectivity index (χ1n) is 6.60. The number of aromatic nitrogens is 1. The molecule has 0 amide bonds. The van der Waals surface area contributed by atoms with E-state index in [-0.39, 0.29) is 0 Å². The van der Waals surface area contributed by atoms with E-state index >= 15 is 0 Å². The first kappa shape index (κ1) is 13.6. The number of nitrogens with two attached hydrogens (primary N) is 1. The fourth-order valence-corrected chi connectivity index (χ4v) is 1.86. The fourth-order valence-electron chi connectivity index (χ4n) is 1.86. The number of ether oxygens (including phenoxy) is 1. The molecular weight excluding hydrogens is 236 g/mol. The molecule has 1 aromatic heterocycles. The van der Waals surface area contributed by atoms with Gasteiger partial charge in [0.2, 0.25) is 5.88 Å². The SMILES string of the molecule is CCc1ccc(COc2nc(C)ccc2CN)cc1. The predicted octanol–water partition coefficient (Wildman–Crippen LogP) is 2.99. The van der Waals surface area contributed by atoms with E-state index in [0.29, 0.717) is 19.0 Å². The molecule has 3 heteroatoms. The third kappa shape index (κ3) is 3.55. The Hall–Kier alpha value is -1.87. The van der Waals surface area contributed by atoms with Crippen molar-refractivity contribution in [3.05, 3.63) is 58.8 Å². The summed E-state index contributed by atoms with van der Waals surface area (Å²) in [4.78, 5) is 4.39. The molecule has 0 unspecified atom stereocenters. The van der Waals surface area contributed by atoms with Gasteiger partial charge in [0.25, 0.3) is 0 Å². The molecule has 2 N–H and O–H groups in total. The van der Waals surface area contributed by atoms with Gasteiger partial charge in [-0.2, -0.15) is 0 Å². The van der Waals surface area contributed by atoms with Crippen LogP contribution in [0.5, 0.6) is 5.88 Å². The molecule has 0 aliphatic heterocycles. The first-order chi connectivity index (χ1) is 9.22. The minimum Gasteiger partial charge on any atom is -0.473 e. The second kappa shape index (κ2) is 6.34. The van der Waals surface area contributed by atoms with Crippen molar-refractivity contribution in [3.63, 3.8) is 0 Å². The van der Waals surface area contributed by atoms with Gasteiger partial charge >= 0.3 is 0 Å². The molecule has 3 nitrogen and oxygen atoms in total. The molecule has 0 bridgehead atoms. The average molecular weight is 256 g/mol. The van der Waals surface area contributed by atoms with Crippen molar-refractivity contribution in [2.24, 2.45) is 5.73 Å². The number of nitrogens with zero attached hydrogens (tertiary/aromatic N) is 1. The van der Waals surface area contributed by atoms with E-state index in [2.05, 4.69) is 36.2 Å². The Morgan fingerprint density at radius 3 is 2.37 bits per heavy atom. The molecule has 2 aromatic rings. The summed E-state index contributed by atoms with van der Waals surface area (Å²) in [5, 5.41) is 0. The van der Waals surface area contributed by atoms with Gasteiger partial charge in [-0.1, -0.05) is 37.3 Å². The highest BCUT2D eigenvalue weighted by molar-refractivity contribution is 5.28. The van der Waals surface area contributed by atoms with E-state index in [1.807, 2.05) is 19.1 Å². The lowest BCUT2D eigenvalue weighted by molar-refractivity contribution is 0.290. The molecule has 0 radical (unpaired) electrons. The highest BCUT2D eigenvalue weighted by Crippen LogP contribution is 2.17. The lowest BCUT2D eigenvalue weighted by atomic mass is 10.1. The van der Waals surface area contributed by atoms with Crippen LogP contribution in [0.3, 0.4) is 0 Å². The second-order valence-electron chi connectivity index (χ2n) is 4.58. The third-order valence-corrected chi connectivity index (χ3v) is 3.11. The first-order valence-corrected chi connectivity index (χ1v) is 6.60. The minimum atomic E-state index is 0.442. The van der Waals surface area contributed by atoms with Gasteiger partial charge in [-0.05, 0) is 30.5 Å². The topological polar surface area (TPSA) is 48.1 Å². The van der Waals surface area contributed by atoms with Crippen molar-refractivity contribution >= 4 is 0 Å². The standard InChI is InChI=1S/C16H20N2O/c1-3-13-5-7-14(8-6-13)11-19-16-15(10-17)9-4-12(2)18-16/h4-9H,3,10-11,17H2,1-2H3. The van der Waals surface area contributed by atoms with E-state index in [1.54, 1.807) is 0 Å². The van der Waals surface area contributed by atoms with Crippen LogP contribution in [0, 0.1) is 6.92 Å². The molecule has 100 valence electrons. The highest BCUT2D eigenvalue weighted by atomic mass is 16.5. The van der Waals surface area contributed by atoms with Crippen LogP contribution in [0.2, 0.25) is 0 Å². The summed E-state index contributed by atoms with van der Waals surface area (Å²) >= 11 is 0. The van der Waals surface area contributed by atoms with E-state index < -0.39 is 0 Å². The van der Waals surface area contributed by atoms with Gasteiger partial charge in [0.1, 0.15) is 6.61 Å². The summed E-state index contributed by atoms with van der Waals surface area (Å²) in [6, 6.07) is 12.4. The minimum absolute atomic E-state index is 0.442. The molecule has 19 heavy (non-hydrogen) atoms. The van der Waals surface area contributed by atoms with Crippen LogP contribution in [-0.4, -0.2) is 4.98 Å². The molecule has 0 fully saturated rings. The molecule has 0 aliphatic carbocycles. The molecule has 0 aliphatic rings. The summed E-state index contributed by atoms with van der Waals surface area (Å²) in [7, 11) is 0. The number of rotatable bonds is 5. The van der Waals surface area contributed by atoms with E-state index in [4.69, 9.17) is 10.5 Å². The molecule has 1 heterocycles. The van der Waals surface area contributed by atoms with Gasteiger partial charge in [-0.15, -0.1) is 0 Å². The van der Waals surface area contributed by atoms with Crippen LogP contribution in [0.1, 0.15) is 29.3 Å². The van der Waals surface area contributed by atoms with Gasteiger partial charge in [0.15, 0.2) is 0 Å². The number of pyridine rings is 1. The van der Waals surface area contributed by atoms with Gasteiger partial charge in [0.05, 0.1) is 0 Å². The Bertz CT molecular complexity index is 535. The lowest BCUT2D eigenvalue weighted by Gasteiger charge is -2.10. The molecule has 0 atom stereocenters. The maximum atomic E-state index is 5.78. The number of benzene rings is 1. The molecule has 0 saturated carbocycles. The second-order valence-corrected chi connectivity index (χ2v) is 4.58. The van der Waals surface area contributed by atoms with E-state index in [9.17, 15) is 0 Å². The quantitative estimate of drug-likeness (QED) is 0.894. The lowest BCUT2D eigenvalue weighted by Crippen LogP contribution is -2.05. The van der Waals surface area contributed by atoms with Gasteiger partial charge < -0.3 is 10.5 Å². The third-order valence-electron chi connectivity index (χ3n) is 3.11. The summed E-state index contributed by atoms with van der Waals surface area (Å²) < 4.78 is 5.78. The van der Waals surface area contributed by atoms with Crippen LogP contribution in [-0.2, 0) is 19.6 Å². The van der Waals surface area contributed by atoms with Crippen molar-refractivity contribution in [2.75, 3.05) is 0 Å². The molecule has 2 rings (SSSR count).